The molecule has 34 heavy (non-hydrogen) atoms. The van der Waals surface area contributed by atoms with E-state index in [1.54, 1.807) is 0 Å². The van der Waals surface area contributed by atoms with Gasteiger partial charge in [0.05, 0.1) is 26.4 Å². The SMILES string of the molecule is C=CC(=O)OCC12CC3(COC(=O)C=C)CC(COC(=O)C=C)(C1)CC(COC(=O)C=C)(C2)C3. The average Bonchev–Trinajstić information content (AvgIpc) is 2.82. The molecule has 0 spiro atoms. The number of ether oxygens (including phenoxy) is 4. The quantitative estimate of drug-likeness (QED) is 0.242. The highest BCUT2D eigenvalue weighted by Gasteiger charge is 2.69. The molecule has 8 heteroatoms. The Morgan fingerprint density at radius 3 is 0.794 bits per heavy atom. The van der Waals surface area contributed by atoms with Gasteiger partial charge in [-0.05, 0) is 38.5 Å². The minimum atomic E-state index is -0.526. The molecule has 0 unspecified atom stereocenters. The maximum Gasteiger partial charge on any atom is 0.330 e. The maximum absolute atomic E-state index is 11.9. The summed E-state index contributed by atoms with van der Waals surface area (Å²) in [5.41, 5.74) is -1.85. The summed E-state index contributed by atoms with van der Waals surface area (Å²) < 4.78 is 22.1. The second-order valence-electron chi connectivity index (χ2n) is 10.3. The monoisotopic (exact) mass is 472 g/mol. The van der Waals surface area contributed by atoms with E-state index in [9.17, 15) is 19.2 Å². The van der Waals surface area contributed by atoms with Crippen LogP contribution in [0.3, 0.4) is 0 Å². The summed E-state index contributed by atoms with van der Waals surface area (Å²) in [7, 11) is 0. The molecule has 4 aliphatic carbocycles. The normalized spacial score (nSPS) is 32.7. The van der Waals surface area contributed by atoms with Crippen molar-refractivity contribution in [2.24, 2.45) is 21.7 Å². The smallest absolute Gasteiger partial charge is 0.330 e. The van der Waals surface area contributed by atoms with Crippen molar-refractivity contribution < 1.29 is 38.1 Å². The van der Waals surface area contributed by atoms with Crippen LogP contribution < -0.4 is 0 Å². The molecule has 0 N–H and O–H groups in total. The van der Waals surface area contributed by atoms with Crippen LogP contribution in [0.15, 0.2) is 50.6 Å². The van der Waals surface area contributed by atoms with Crippen molar-refractivity contribution in [2.45, 2.75) is 38.5 Å². The van der Waals surface area contributed by atoms with Crippen molar-refractivity contribution in [3.8, 4) is 0 Å². The van der Waals surface area contributed by atoms with Crippen LogP contribution in [0.5, 0.6) is 0 Å². The molecule has 4 fully saturated rings. The molecule has 0 aromatic heterocycles. The zero-order chi connectivity index (χ0) is 25.0. The van der Waals surface area contributed by atoms with Gasteiger partial charge in [-0.15, -0.1) is 0 Å². The third kappa shape index (κ3) is 5.32. The second kappa shape index (κ2) is 9.60. The fourth-order valence-corrected chi connectivity index (χ4v) is 7.27. The molecule has 0 atom stereocenters. The van der Waals surface area contributed by atoms with Gasteiger partial charge in [0.1, 0.15) is 0 Å². The highest BCUT2D eigenvalue weighted by atomic mass is 16.5. The van der Waals surface area contributed by atoms with Gasteiger partial charge < -0.3 is 18.9 Å². The van der Waals surface area contributed by atoms with E-state index < -0.39 is 45.5 Å². The summed E-state index contributed by atoms with van der Waals surface area (Å²) in [5, 5.41) is 0. The highest BCUT2D eigenvalue weighted by Crippen LogP contribution is 2.74. The molecular weight excluding hydrogens is 440 g/mol. The predicted octanol–water partition coefficient (Wildman–Crippen LogP) is 3.23. The molecule has 0 amide bonds. The Bertz CT molecular complexity index is 732. The van der Waals surface area contributed by atoms with Gasteiger partial charge in [0.2, 0.25) is 0 Å². The lowest BCUT2D eigenvalue weighted by atomic mass is 9.36. The first-order valence-corrected chi connectivity index (χ1v) is 11.2. The third-order valence-electron chi connectivity index (χ3n) is 7.25. The Hall–Kier alpha value is -3.16. The van der Waals surface area contributed by atoms with Gasteiger partial charge in [-0.2, -0.15) is 0 Å². The van der Waals surface area contributed by atoms with Crippen LogP contribution in [0.25, 0.3) is 0 Å². The lowest BCUT2D eigenvalue weighted by molar-refractivity contribution is -0.247. The summed E-state index contributed by atoms with van der Waals surface area (Å²) >= 11 is 0. The van der Waals surface area contributed by atoms with Crippen molar-refractivity contribution in [1.29, 1.82) is 0 Å². The van der Waals surface area contributed by atoms with Crippen molar-refractivity contribution in [3.05, 3.63) is 50.6 Å². The summed E-state index contributed by atoms with van der Waals surface area (Å²) in [4.78, 5) is 47.7. The Kier molecular flexibility index (Phi) is 7.19. The van der Waals surface area contributed by atoms with Gasteiger partial charge in [-0.1, -0.05) is 26.3 Å². The van der Waals surface area contributed by atoms with E-state index in [0.29, 0.717) is 38.5 Å². The van der Waals surface area contributed by atoms with E-state index in [0.717, 1.165) is 24.3 Å². The Morgan fingerprint density at radius 1 is 0.471 bits per heavy atom. The van der Waals surface area contributed by atoms with E-state index >= 15 is 0 Å². The maximum atomic E-state index is 11.9. The third-order valence-corrected chi connectivity index (χ3v) is 7.25. The molecule has 0 heterocycles. The molecule has 4 saturated carbocycles. The zero-order valence-electron chi connectivity index (χ0n) is 19.5. The molecule has 0 aromatic carbocycles. The Morgan fingerprint density at radius 2 is 0.647 bits per heavy atom. The fourth-order valence-electron chi connectivity index (χ4n) is 7.27. The van der Waals surface area contributed by atoms with E-state index in [-0.39, 0.29) is 26.4 Å². The molecule has 4 aliphatic rings. The van der Waals surface area contributed by atoms with Gasteiger partial charge >= 0.3 is 23.9 Å². The highest BCUT2D eigenvalue weighted by molar-refractivity contribution is 5.82. The molecule has 0 saturated heterocycles. The first-order valence-electron chi connectivity index (χ1n) is 11.2. The molecular formula is C26H32O8. The first-order chi connectivity index (χ1) is 16.1. The van der Waals surface area contributed by atoms with Gasteiger partial charge in [-0.3, -0.25) is 0 Å². The molecule has 184 valence electrons. The minimum absolute atomic E-state index is 0.142. The van der Waals surface area contributed by atoms with Gasteiger partial charge in [-0.25, -0.2) is 19.2 Å². The molecule has 0 aromatic rings. The van der Waals surface area contributed by atoms with Crippen LogP contribution >= 0.6 is 0 Å². The molecule has 0 radical (unpaired) electrons. The lowest BCUT2D eigenvalue weighted by Gasteiger charge is -2.69. The summed E-state index contributed by atoms with van der Waals surface area (Å²) in [6.45, 7) is 14.4. The van der Waals surface area contributed by atoms with Crippen LogP contribution in [-0.4, -0.2) is 50.3 Å². The summed E-state index contributed by atoms with van der Waals surface area (Å²) in [6.07, 6.45) is 8.40. The van der Waals surface area contributed by atoms with E-state index in [1.807, 2.05) is 0 Å². The molecule has 4 rings (SSSR count). The Balaban J connectivity index is 1.99. The Labute approximate surface area is 199 Å². The number of esters is 4. The van der Waals surface area contributed by atoms with Crippen molar-refractivity contribution in [3.63, 3.8) is 0 Å². The van der Waals surface area contributed by atoms with E-state index in [4.69, 9.17) is 18.9 Å². The number of carbonyl (C=O) groups is 4. The van der Waals surface area contributed by atoms with E-state index in [2.05, 4.69) is 26.3 Å². The van der Waals surface area contributed by atoms with Crippen LogP contribution in [0.4, 0.5) is 0 Å². The summed E-state index contributed by atoms with van der Waals surface area (Å²) in [5.74, 6) is -2.10. The minimum Gasteiger partial charge on any atom is -0.462 e. The number of rotatable bonds is 12. The molecule has 8 nitrogen and oxygen atoms in total. The van der Waals surface area contributed by atoms with Gasteiger partial charge in [0.15, 0.2) is 0 Å². The molecule has 4 bridgehead atoms. The van der Waals surface area contributed by atoms with Crippen molar-refractivity contribution in [2.75, 3.05) is 26.4 Å². The fraction of sp³-hybridized carbons (Fsp3) is 0.538. The van der Waals surface area contributed by atoms with Gasteiger partial charge in [0.25, 0.3) is 0 Å². The van der Waals surface area contributed by atoms with E-state index in [1.165, 1.54) is 0 Å². The first kappa shape index (κ1) is 25.5. The number of carbonyl (C=O) groups excluding carboxylic acids is 4. The topological polar surface area (TPSA) is 105 Å². The van der Waals surface area contributed by atoms with Crippen molar-refractivity contribution >= 4 is 23.9 Å². The average molecular weight is 473 g/mol. The standard InChI is InChI=1S/C26H32O8/c1-5-19(27)31-15-23-9-24(16-32-20(28)6-2)12-25(10-23,17-33-21(29)7-3)14-26(11-23,13-24)18-34-22(30)8-4/h5-8H,1-4,9-18H2. The molecule has 0 aliphatic heterocycles. The van der Waals surface area contributed by atoms with Crippen LogP contribution in [0.2, 0.25) is 0 Å². The van der Waals surface area contributed by atoms with Crippen LogP contribution in [0, 0.1) is 21.7 Å². The number of hydrogen-bond acceptors (Lipinski definition) is 8. The van der Waals surface area contributed by atoms with Crippen LogP contribution in [0.1, 0.15) is 38.5 Å². The number of hydrogen-bond donors (Lipinski definition) is 0. The van der Waals surface area contributed by atoms with Crippen molar-refractivity contribution in [1.82, 2.24) is 0 Å². The summed E-state index contributed by atoms with van der Waals surface area (Å²) in [6, 6.07) is 0. The zero-order valence-corrected chi connectivity index (χ0v) is 19.5. The second-order valence-corrected chi connectivity index (χ2v) is 10.3. The van der Waals surface area contributed by atoms with Gasteiger partial charge in [0, 0.05) is 46.0 Å². The van der Waals surface area contributed by atoms with Crippen LogP contribution in [-0.2, 0) is 38.1 Å². The lowest BCUT2D eigenvalue weighted by Crippen LogP contribution is -2.65. The largest absolute Gasteiger partial charge is 0.462 e. The predicted molar refractivity (Wildman–Crippen MR) is 122 cm³/mol.